The van der Waals surface area contributed by atoms with E-state index < -0.39 is 0 Å². The Morgan fingerprint density at radius 1 is 1.25 bits per heavy atom. The molecule has 4 atom stereocenters. The summed E-state index contributed by atoms with van der Waals surface area (Å²) >= 11 is 0. The van der Waals surface area contributed by atoms with Gasteiger partial charge in [0.15, 0.2) is 0 Å². The van der Waals surface area contributed by atoms with Crippen molar-refractivity contribution in [2.45, 2.75) is 37.8 Å². The summed E-state index contributed by atoms with van der Waals surface area (Å²) in [6.45, 7) is 0.615. The van der Waals surface area contributed by atoms with Crippen LogP contribution in [0.15, 0.2) is 24.3 Å². The first-order valence-electron chi connectivity index (χ1n) is 9.83. The van der Waals surface area contributed by atoms with Crippen LogP contribution in [0.25, 0.3) is 10.9 Å². The minimum Gasteiger partial charge on any atom is -0.497 e. The number of rotatable bonds is 5. The standard InChI is InChI=1S/C21H27N3O4/c1-27-11-13-8-20(25)24-18-9-14(4-6-16(13)18)22-21(26)19-7-12-3-5-15(28-2)10-17(12)23-19/h3,5,7,10,13-14,16,18,23H,4,6,8-9,11H2,1-2H3,(H,22,26)(H,24,25). The molecule has 1 aromatic heterocycles. The lowest BCUT2D eigenvalue weighted by Gasteiger charge is -2.43. The summed E-state index contributed by atoms with van der Waals surface area (Å²) < 4.78 is 10.5. The molecule has 4 unspecified atom stereocenters. The molecule has 1 aliphatic heterocycles. The van der Waals surface area contributed by atoms with E-state index in [-0.39, 0.29) is 29.8 Å². The molecule has 3 N–H and O–H groups in total. The lowest BCUT2D eigenvalue weighted by Crippen LogP contribution is -2.56. The molecule has 2 heterocycles. The van der Waals surface area contributed by atoms with E-state index in [0.717, 1.165) is 35.9 Å². The zero-order valence-electron chi connectivity index (χ0n) is 16.3. The van der Waals surface area contributed by atoms with Crippen LogP contribution < -0.4 is 15.4 Å². The molecule has 2 aliphatic rings. The van der Waals surface area contributed by atoms with Crippen molar-refractivity contribution in [3.8, 4) is 5.75 Å². The average Bonchev–Trinajstić information content (AvgIpc) is 3.11. The highest BCUT2D eigenvalue weighted by atomic mass is 16.5. The van der Waals surface area contributed by atoms with Crippen molar-refractivity contribution in [1.29, 1.82) is 0 Å². The van der Waals surface area contributed by atoms with Crippen molar-refractivity contribution in [2.75, 3.05) is 20.8 Å². The van der Waals surface area contributed by atoms with Crippen LogP contribution in [-0.4, -0.2) is 49.7 Å². The Labute approximate surface area is 164 Å². The van der Waals surface area contributed by atoms with Crippen LogP contribution in [-0.2, 0) is 9.53 Å². The lowest BCUT2D eigenvalue weighted by molar-refractivity contribution is -0.128. The molecule has 1 saturated heterocycles. The Balaban J connectivity index is 1.42. The Hall–Kier alpha value is -2.54. The molecule has 7 heteroatoms. The number of H-pyrrole nitrogens is 1. The van der Waals surface area contributed by atoms with E-state index >= 15 is 0 Å². The predicted molar refractivity (Wildman–Crippen MR) is 105 cm³/mol. The number of aromatic amines is 1. The molecule has 2 aromatic rings. The second-order valence-electron chi connectivity index (χ2n) is 7.88. The van der Waals surface area contributed by atoms with Crippen molar-refractivity contribution >= 4 is 22.7 Å². The largest absolute Gasteiger partial charge is 0.497 e. The molecule has 28 heavy (non-hydrogen) atoms. The molecule has 4 rings (SSSR count). The number of piperidine rings is 1. The molecule has 2 amide bonds. The van der Waals surface area contributed by atoms with Crippen LogP contribution >= 0.6 is 0 Å². The number of carbonyl (C=O) groups is 2. The third kappa shape index (κ3) is 3.71. The quantitative estimate of drug-likeness (QED) is 0.736. The summed E-state index contributed by atoms with van der Waals surface area (Å²) in [5, 5.41) is 7.22. The second kappa shape index (κ2) is 7.83. The number of ether oxygens (including phenoxy) is 2. The van der Waals surface area contributed by atoms with Gasteiger partial charge in [0.05, 0.1) is 7.11 Å². The summed E-state index contributed by atoms with van der Waals surface area (Å²) in [4.78, 5) is 28.0. The highest BCUT2D eigenvalue weighted by Crippen LogP contribution is 2.35. The number of hydrogen-bond acceptors (Lipinski definition) is 4. The van der Waals surface area contributed by atoms with Gasteiger partial charge in [0.2, 0.25) is 5.91 Å². The van der Waals surface area contributed by atoms with Crippen molar-refractivity contribution in [2.24, 2.45) is 11.8 Å². The van der Waals surface area contributed by atoms with Crippen molar-refractivity contribution in [3.05, 3.63) is 30.0 Å². The fourth-order valence-corrected chi connectivity index (χ4v) is 4.73. The third-order valence-electron chi connectivity index (χ3n) is 6.09. The van der Waals surface area contributed by atoms with E-state index in [0.29, 0.717) is 24.6 Å². The number of aromatic nitrogens is 1. The zero-order chi connectivity index (χ0) is 19.7. The normalized spacial score (nSPS) is 27.1. The van der Waals surface area contributed by atoms with E-state index in [1.165, 1.54) is 0 Å². The molecule has 1 aromatic carbocycles. The van der Waals surface area contributed by atoms with Crippen LogP contribution in [0.5, 0.6) is 5.75 Å². The van der Waals surface area contributed by atoms with Gasteiger partial charge in [0, 0.05) is 49.2 Å². The molecule has 7 nitrogen and oxygen atoms in total. The summed E-state index contributed by atoms with van der Waals surface area (Å²) in [7, 11) is 3.30. The summed E-state index contributed by atoms with van der Waals surface area (Å²) in [5.74, 6) is 1.41. The van der Waals surface area contributed by atoms with Gasteiger partial charge < -0.3 is 25.1 Å². The Kier molecular flexibility index (Phi) is 5.26. The minimum absolute atomic E-state index is 0.0521. The second-order valence-corrected chi connectivity index (χ2v) is 7.88. The van der Waals surface area contributed by atoms with Gasteiger partial charge >= 0.3 is 0 Å². The van der Waals surface area contributed by atoms with Gasteiger partial charge in [-0.1, -0.05) is 0 Å². The van der Waals surface area contributed by atoms with Gasteiger partial charge in [-0.2, -0.15) is 0 Å². The highest BCUT2D eigenvalue weighted by Gasteiger charge is 2.41. The number of fused-ring (bicyclic) bond motifs is 2. The van der Waals surface area contributed by atoms with Gasteiger partial charge in [-0.25, -0.2) is 0 Å². The number of amides is 2. The maximum absolute atomic E-state index is 12.7. The Bertz CT molecular complexity index is 878. The first-order valence-corrected chi connectivity index (χ1v) is 9.83. The minimum atomic E-state index is -0.116. The molecule has 1 saturated carbocycles. The maximum Gasteiger partial charge on any atom is 0.267 e. The molecule has 1 aliphatic carbocycles. The molecule has 0 radical (unpaired) electrons. The van der Waals surface area contributed by atoms with Gasteiger partial charge in [0.25, 0.3) is 5.91 Å². The molecule has 0 spiro atoms. The number of nitrogens with one attached hydrogen (secondary N) is 3. The Morgan fingerprint density at radius 3 is 2.89 bits per heavy atom. The summed E-state index contributed by atoms with van der Waals surface area (Å²) in [5.41, 5.74) is 1.41. The maximum atomic E-state index is 12.7. The van der Waals surface area contributed by atoms with Crippen molar-refractivity contribution < 1.29 is 19.1 Å². The first kappa shape index (κ1) is 18.8. The van der Waals surface area contributed by atoms with E-state index in [2.05, 4.69) is 15.6 Å². The molecular formula is C21H27N3O4. The van der Waals surface area contributed by atoms with Gasteiger partial charge in [-0.15, -0.1) is 0 Å². The van der Waals surface area contributed by atoms with Gasteiger partial charge in [-0.05, 0) is 49.3 Å². The smallest absolute Gasteiger partial charge is 0.267 e. The van der Waals surface area contributed by atoms with Gasteiger partial charge in [-0.3, -0.25) is 9.59 Å². The summed E-state index contributed by atoms with van der Waals surface area (Å²) in [6.07, 6.45) is 3.19. The van der Waals surface area contributed by atoms with E-state index in [4.69, 9.17) is 9.47 Å². The van der Waals surface area contributed by atoms with Crippen LogP contribution in [0.2, 0.25) is 0 Å². The third-order valence-corrected chi connectivity index (χ3v) is 6.09. The fourth-order valence-electron chi connectivity index (χ4n) is 4.73. The monoisotopic (exact) mass is 385 g/mol. The number of methoxy groups -OCH3 is 2. The predicted octanol–water partition coefficient (Wildman–Crippen LogP) is 2.23. The Morgan fingerprint density at radius 2 is 2.11 bits per heavy atom. The zero-order valence-corrected chi connectivity index (χ0v) is 16.3. The van der Waals surface area contributed by atoms with Crippen molar-refractivity contribution in [3.63, 3.8) is 0 Å². The van der Waals surface area contributed by atoms with Crippen LogP contribution in [0.1, 0.15) is 36.2 Å². The number of benzene rings is 1. The SMILES string of the molecule is COCC1CC(=O)NC2CC(NC(=O)c3cc4ccc(OC)cc4[nH]3)CCC12. The lowest BCUT2D eigenvalue weighted by atomic mass is 9.71. The summed E-state index contributed by atoms with van der Waals surface area (Å²) in [6, 6.07) is 7.70. The average molecular weight is 385 g/mol. The van der Waals surface area contributed by atoms with E-state index in [9.17, 15) is 9.59 Å². The fraction of sp³-hybridized carbons (Fsp3) is 0.524. The van der Waals surface area contributed by atoms with E-state index in [1.807, 2.05) is 24.3 Å². The molecule has 2 fully saturated rings. The number of hydrogen-bond donors (Lipinski definition) is 3. The molecule has 150 valence electrons. The van der Waals surface area contributed by atoms with Crippen LogP contribution in [0.4, 0.5) is 0 Å². The first-order chi connectivity index (χ1) is 13.6. The van der Waals surface area contributed by atoms with Gasteiger partial charge in [0.1, 0.15) is 11.4 Å². The van der Waals surface area contributed by atoms with Crippen LogP contribution in [0, 0.1) is 11.8 Å². The highest BCUT2D eigenvalue weighted by molar-refractivity contribution is 5.98. The van der Waals surface area contributed by atoms with Crippen molar-refractivity contribution in [1.82, 2.24) is 15.6 Å². The van der Waals surface area contributed by atoms with E-state index in [1.54, 1.807) is 14.2 Å². The molecular weight excluding hydrogens is 358 g/mol. The topological polar surface area (TPSA) is 92.5 Å². The molecule has 0 bridgehead atoms. The number of carbonyl (C=O) groups excluding carboxylic acids is 2. The van der Waals surface area contributed by atoms with Crippen LogP contribution in [0.3, 0.4) is 0 Å².